The molecule has 0 aromatic carbocycles. The van der Waals surface area contributed by atoms with Gasteiger partial charge in [0.2, 0.25) is 0 Å². The van der Waals surface area contributed by atoms with Crippen LogP contribution >= 0.6 is 0 Å². The SMILES string of the molecule is CNC1CCN(CC2CC3CCC2C3)C1. The molecule has 1 aliphatic heterocycles. The lowest BCUT2D eigenvalue weighted by Crippen LogP contribution is -2.33. The first kappa shape index (κ1) is 10.1. The number of hydrogen-bond acceptors (Lipinski definition) is 2. The molecule has 2 heteroatoms. The minimum Gasteiger partial charge on any atom is -0.316 e. The number of rotatable bonds is 3. The molecule has 2 nitrogen and oxygen atoms in total. The summed E-state index contributed by atoms with van der Waals surface area (Å²) in [5.74, 6) is 3.27. The highest BCUT2D eigenvalue weighted by atomic mass is 15.2. The van der Waals surface area contributed by atoms with Crippen molar-refractivity contribution in [2.75, 3.05) is 26.7 Å². The molecular weight excluding hydrogens is 184 g/mol. The molecule has 3 rings (SSSR count). The molecule has 15 heavy (non-hydrogen) atoms. The molecule has 2 saturated carbocycles. The van der Waals surface area contributed by atoms with Crippen molar-refractivity contribution in [1.82, 2.24) is 10.2 Å². The molecule has 0 amide bonds. The van der Waals surface area contributed by atoms with Crippen molar-refractivity contribution < 1.29 is 0 Å². The lowest BCUT2D eigenvalue weighted by Gasteiger charge is -2.26. The largest absolute Gasteiger partial charge is 0.316 e. The van der Waals surface area contributed by atoms with Gasteiger partial charge in [0.1, 0.15) is 0 Å². The molecule has 0 spiro atoms. The first-order valence-corrected chi connectivity index (χ1v) is 6.74. The van der Waals surface area contributed by atoms with Gasteiger partial charge in [-0.15, -0.1) is 0 Å². The van der Waals surface area contributed by atoms with Gasteiger partial charge in [-0.05, 0) is 57.0 Å². The third-order valence-corrected chi connectivity index (χ3v) is 5.06. The Bertz CT molecular complexity index is 229. The summed E-state index contributed by atoms with van der Waals surface area (Å²) < 4.78 is 0. The number of hydrogen-bond donors (Lipinski definition) is 1. The third kappa shape index (κ3) is 1.94. The van der Waals surface area contributed by atoms with E-state index >= 15 is 0 Å². The van der Waals surface area contributed by atoms with Gasteiger partial charge in [-0.1, -0.05) is 6.42 Å². The van der Waals surface area contributed by atoms with Crippen LogP contribution in [-0.4, -0.2) is 37.6 Å². The van der Waals surface area contributed by atoms with Gasteiger partial charge in [-0.2, -0.15) is 0 Å². The van der Waals surface area contributed by atoms with Crippen molar-refractivity contribution in [1.29, 1.82) is 0 Å². The number of fused-ring (bicyclic) bond motifs is 2. The molecule has 4 atom stereocenters. The Kier molecular flexibility index (Phi) is 2.73. The van der Waals surface area contributed by atoms with Crippen LogP contribution in [0.5, 0.6) is 0 Å². The van der Waals surface area contributed by atoms with Crippen LogP contribution < -0.4 is 5.32 Å². The van der Waals surface area contributed by atoms with Crippen LogP contribution in [0.15, 0.2) is 0 Å². The first-order valence-electron chi connectivity index (χ1n) is 6.74. The molecule has 3 fully saturated rings. The second kappa shape index (κ2) is 4.06. The van der Waals surface area contributed by atoms with E-state index in [0.29, 0.717) is 0 Å². The summed E-state index contributed by atoms with van der Waals surface area (Å²) in [6.07, 6.45) is 7.55. The fourth-order valence-corrected chi connectivity index (χ4v) is 4.17. The molecule has 4 unspecified atom stereocenters. The predicted molar refractivity (Wildman–Crippen MR) is 62.8 cm³/mol. The number of likely N-dealkylation sites (N-methyl/N-ethyl adjacent to an activating group) is 1. The Morgan fingerprint density at radius 2 is 2.13 bits per heavy atom. The van der Waals surface area contributed by atoms with Crippen LogP contribution in [-0.2, 0) is 0 Å². The van der Waals surface area contributed by atoms with E-state index in [2.05, 4.69) is 17.3 Å². The Labute approximate surface area is 93.4 Å². The number of likely N-dealkylation sites (tertiary alicyclic amines) is 1. The van der Waals surface area contributed by atoms with Gasteiger partial charge >= 0.3 is 0 Å². The van der Waals surface area contributed by atoms with E-state index in [4.69, 9.17) is 0 Å². The van der Waals surface area contributed by atoms with Crippen molar-refractivity contribution in [2.24, 2.45) is 17.8 Å². The normalized spacial score (nSPS) is 45.4. The van der Waals surface area contributed by atoms with Crippen molar-refractivity contribution in [2.45, 2.75) is 38.1 Å². The maximum absolute atomic E-state index is 3.41. The van der Waals surface area contributed by atoms with E-state index in [1.807, 2.05) is 0 Å². The third-order valence-electron chi connectivity index (χ3n) is 5.06. The Morgan fingerprint density at radius 3 is 2.73 bits per heavy atom. The summed E-state index contributed by atoms with van der Waals surface area (Å²) >= 11 is 0. The van der Waals surface area contributed by atoms with E-state index < -0.39 is 0 Å². The van der Waals surface area contributed by atoms with Crippen LogP contribution in [0.25, 0.3) is 0 Å². The molecule has 0 aromatic rings. The zero-order chi connectivity index (χ0) is 10.3. The minimum absolute atomic E-state index is 0.767. The van der Waals surface area contributed by atoms with Crippen LogP contribution in [0.2, 0.25) is 0 Å². The van der Waals surface area contributed by atoms with Gasteiger partial charge in [0.15, 0.2) is 0 Å². The van der Waals surface area contributed by atoms with Gasteiger partial charge in [-0.3, -0.25) is 0 Å². The van der Waals surface area contributed by atoms with E-state index in [0.717, 1.165) is 23.8 Å². The molecule has 3 aliphatic rings. The average molecular weight is 208 g/mol. The van der Waals surface area contributed by atoms with Gasteiger partial charge in [0.25, 0.3) is 0 Å². The van der Waals surface area contributed by atoms with Gasteiger partial charge in [-0.25, -0.2) is 0 Å². The van der Waals surface area contributed by atoms with Crippen LogP contribution in [0.4, 0.5) is 0 Å². The molecular formula is C13H24N2. The van der Waals surface area contributed by atoms with Crippen molar-refractivity contribution >= 4 is 0 Å². The number of nitrogens with zero attached hydrogens (tertiary/aromatic N) is 1. The summed E-state index contributed by atoms with van der Waals surface area (Å²) in [6, 6.07) is 0.767. The predicted octanol–water partition coefficient (Wildman–Crippen LogP) is 1.72. The van der Waals surface area contributed by atoms with Crippen LogP contribution in [0.1, 0.15) is 32.1 Å². The van der Waals surface area contributed by atoms with Crippen molar-refractivity contribution in [3.05, 3.63) is 0 Å². The maximum Gasteiger partial charge on any atom is 0.0204 e. The number of nitrogens with one attached hydrogen (secondary N) is 1. The monoisotopic (exact) mass is 208 g/mol. The van der Waals surface area contributed by atoms with Gasteiger partial charge in [0, 0.05) is 19.1 Å². The Balaban J connectivity index is 1.50. The van der Waals surface area contributed by atoms with Gasteiger partial charge < -0.3 is 10.2 Å². The summed E-state index contributed by atoms with van der Waals surface area (Å²) in [5, 5.41) is 3.41. The molecule has 2 bridgehead atoms. The fourth-order valence-electron chi connectivity index (χ4n) is 4.17. The molecule has 86 valence electrons. The maximum atomic E-state index is 3.41. The van der Waals surface area contributed by atoms with Crippen LogP contribution in [0.3, 0.4) is 0 Å². The molecule has 2 aliphatic carbocycles. The Morgan fingerprint density at radius 1 is 1.20 bits per heavy atom. The minimum atomic E-state index is 0.767. The first-order chi connectivity index (χ1) is 7.35. The quantitative estimate of drug-likeness (QED) is 0.759. The van der Waals surface area contributed by atoms with Crippen molar-refractivity contribution in [3.63, 3.8) is 0 Å². The van der Waals surface area contributed by atoms with E-state index in [9.17, 15) is 0 Å². The second-order valence-electron chi connectivity index (χ2n) is 5.97. The average Bonchev–Trinajstić information content (AvgIpc) is 2.92. The molecule has 1 saturated heterocycles. The zero-order valence-corrected chi connectivity index (χ0v) is 9.91. The van der Waals surface area contributed by atoms with E-state index in [1.165, 1.54) is 26.1 Å². The lowest BCUT2D eigenvalue weighted by atomic mass is 9.88. The highest BCUT2D eigenvalue weighted by molar-refractivity contribution is 4.92. The molecule has 1 heterocycles. The van der Waals surface area contributed by atoms with Gasteiger partial charge in [0.05, 0.1) is 0 Å². The molecule has 0 aromatic heterocycles. The highest BCUT2D eigenvalue weighted by Crippen LogP contribution is 2.48. The standard InChI is InChI=1S/C13H24N2/c1-14-13-4-5-15(9-13)8-12-7-10-2-3-11(12)6-10/h10-14H,2-9H2,1H3. The summed E-state index contributed by atoms with van der Waals surface area (Å²) in [7, 11) is 2.10. The second-order valence-corrected chi connectivity index (χ2v) is 5.97. The van der Waals surface area contributed by atoms with Crippen LogP contribution in [0, 0.1) is 17.8 Å². The summed E-state index contributed by atoms with van der Waals surface area (Å²) in [4.78, 5) is 2.70. The molecule has 0 radical (unpaired) electrons. The van der Waals surface area contributed by atoms with E-state index in [1.54, 1.807) is 25.7 Å². The van der Waals surface area contributed by atoms with E-state index in [-0.39, 0.29) is 0 Å². The fraction of sp³-hybridized carbons (Fsp3) is 1.00. The topological polar surface area (TPSA) is 15.3 Å². The Hall–Kier alpha value is -0.0800. The smallest absolute Gasteiger partial charge is 0.0204 e. The zero-order valence-electron chi connectivity index (χ0n) is 9.91. The summed E-state index contributed by atoms with van der Waals surface area (Å²) in [6.45, 7) is 4.03. The van der Waals surface area contributed by atoms with Crippen molar-refractivity contribution in [3.8, 4) is 0 Å². The lowest BCUT2D eigenvalue weighted by molar-refractivity contribution is 0.217. The summed E-state index contributed by atoms with van der Waals surface area (Å²) in [5.41, 5.74) is 0. The molecule has 1 N–H and O–H groups in total. The highest BCUT2D eigenvalue weighted by Gasteiger charge is 2.40.